The molecule has 0 atom stereocenters. The summed E-state index contributed by atoms with van der Waals surface area (Å²) in [5.74, 6) is 1.18. The maximum atomic E-state index is 10.5. The van der Waals surface area contributed by atoms with Gasteiger partial charge in [-0.05, 0) is 37.6 Å². The summed E-state index contributed by atoms with van der Waals surface area (Å²) >= 11 is 0. The number of ether oxygens (including phenoxy) is 1. The first-order valence-electron chi connectivity index (χ1n) is 8.50. The maximum absolute atomic E-state index is 10.5. The molecular formula is C22H21NO2. The van der Waals surface area contributed by atoms with Crippen LogP contribution in [0.15, 0.2) is 60.7 Å². The zero-order valence-electron chi connectivity index (χ0n) is 14.5. The fourth-order valence-corrected chi connectivity index (χ4v) is 3.62. The Hall–Kier alpha value is -2.94. The predicted octanol–water partition coefficient (Wildman–Crippen LogP) is 5.24. The zero-order chi connectivity index (χ0) is 17.4. The second-order valence-electron chi connectivity index (χ2n) is 6.56. The number of fused-ring (bicyclic) bond motifs is 2. The molecule has 0 saturated carbocycles. The molecule has 0 fully saturated rings. The van der Waals surface area contributed by atoms with Crippen LogP contribution in [0.3, 0.4) is 0 Å². The Morgan fingerprint density at radius 1 is 0.920 bits per heavy atom. The molecule has 0 radical (unpaired) electrons. The van der Waals surface area contributed by atoms with Crippen LogP contribution in [0.1, 0.15) is 22.3 Å². The molecule has 1 N–H and O–H groups in total. The van der Waals surface area contributed by atoms with Gasteiger partial charge >= 0.3 is 0 Å². The fraction of sp³-hybridized carbons (Fsp3) is 0.182. The van der Waals surface area contributed by atoms with Crippen molar-refractivity contribution in [3.63, 3.8) is 0 Å². The summed E-state index contributed by atoms with van der Waals surface area (Å²) in [4.78, 5) is 2.20. The van der Waals surface area contributed by atoms with E-state index in [0.717, 1.165) is 28.3 Å². The SMILES string of the molecule is Cc1cc(C)c2c(c1)COc1ccccc1CN2c1ccccc1O. The first-order chi connectivity index (χ1) is 12.1. The lowest BCUT2D eigenvalue weighted by molar-refractivity contribution is 0.301. The number of para-hydroxylation sites is 3. The number of rotatable bonds is 1. The minimum atomic E-state index is 0.285. The highest BCUT2D eigenvalue weighted by Crippen LogP contribution is 2.41. The Bertz CT molecular complexity index is 933. The Balaban J connectivity index is 1.94. The molecule has 126 valence electrons. The molecule has 0 unspecified atom stereocenters. The number of aromatic hydroxyl groups is 1. The topological polar surface area (TPSA) is 32.7 Å². The Kier molecular flexibility index (Phi) is 3.85. The van der Waals surface area contributed by atoms with Crippen LogP contribution in [0, 0.1) is 13.8 Å². The lowest BCUT2D eigenvalue weighted by Crippen LogP contribution is -2.22. The van der Waals surface area contributed by atoms with Crippen LogP contribution >= 0.6 is 0 Å². The van der Waals surface area contributed by atoms with Gasteiger partial charge in [-0.15, -0.1) is 0 Å². The highest BCUT2D eigenvalue weighted by molar-refractivity contribution is 5.74. The molecule has 3 nitrogen and oxygen atoms in total. The van der Waals surface area contributed by atoms with E-state index in [1.807, 2.05) is 36.4 Å². The van der Waals surface area contributed by atoms with Crippen molar-refractivity contribution in [1.29, 1.82) is 0 Å². The highest BCUT2D eigenvalue weighted by Gasteiger charge is 2.23. The van der Waals surface area contributed by atoms with Crippen LogP contribution in [0.4, 0.5) is 11.4 Å². The van der Waals surface area contributed by atoms with Gasteiger partial charge in [0, 0.05) is 11.1 Å². The standard InChI is InChI=1S/C22H21NO2/c1-15-11-16(2)22-18(12-15)14-25-21-10-6-3-7-17(21)13-23(22)19-8-4-5-9-20(19)24/h3-12,24H,13-14H2,1-2H3. The van der Waals surface area contributed by atoms with E-state index in [2.05, 4.69) is 36.9 Å². The molecule has 3 aromatic rings. The van der Waals surface area contributed by atoms with E-state index >= 15 is 0 Å². The van der Waals surface area contributed by atoms with Crippen molar-refractivity contribution in [1.82, 2.24) is 0 Å². The molecule has 3 aromatic carbocycles. The second kappa shape index (κ2) is 6.17. The first-order valence-corrected chi connectivity index (χ1v) is 8.50. The normalized spacial score (nSPS) is 13.3. The third kappa shape index (κ3) is 2.82. The number of anilines is 2. The van der Waals surface area contributed by atoms with Crippen molar-refractivity contribution in [2.75, 3.05) is 4.90 Å². The van der Waals surface area contributed by atoms with Crippen LogP contribution in [0.5, 0.6) is 11.5 Å². The van der Waals surface area contributed by atoms with E-state index in [1.165, 1.54) is 11.1 Å². The molecule has 1 aliphatic rings. The number of benzene rings is 3. The van der Waals surface area contributed by atoms with Crippen LogP contribution < -0.4 is 9.64 Å². The van der Waals surface area contributed by atoms with Crippen LogP contribution in [-0.2, 0) is 13.2 Å². The minimum Gasteiger partial charge on any atom is -0.506 e. The van der Waals surface area contributed by atoms with Crippen molar-refractivity contribution in [2.24, 2.45) is 0 Å². The Labute approximate surface area is 148 Å². The average molecular weight is 331 g/mol. The summed E-state index contributed by atoms with van der Waals surface area (Å²) < 4.78 is 6.09. The molecular weight excluding hydrogens is 310 g/mol. The maximum Gasteiger partial charge on any atom is 0.139 e. The monoisotopic (exact) mass is 331 g/mol. The summed E-state index contributed by atoms with van der Waals surface area (Å²) in [6, 6.07) is 20.0. The number of hydrogen-bond acceptors (Lipinski definition) is 3. The lowest BCUT2D eigenvalue weighted by atomic mass is 10.0. The number of aryl methyl sites for hydroxylation is 2. The van der Waals surface area contributed by atoms with E-state index in [1.54, 1.807) is 6.07 Å². The molecule has 3 heteroatoms. The summed E-state index contributed by atoms with van der Waals surface area (Å²) in [6.45, 7) is 5.38. The van der Waals surface area contributed by atoms with Crippen LogP contribution in [0.2, 0.25) is 0 Å². The molecule has 0 aromatic heterocycles. The van der Waals surface area contributed by atoms with Gasteiger partial charge in [0.15, 0.2) is 0 Å². The summed E-state index contributed by atoms with van der Waals surface area (Å²) in [6.07, 6.45) is 0. The Morgan fingerprint density at radius 3 is 2.52 bits per heavy atom. The van der Waals surface area contributed by atoms with Gasteiger partial charge < -0.3 is 14.7 Å². The molecule has 1 aliphatic heterocycles. The molecule has 0 spiro atoms. The first kappa shape index (κ1) is 15.6. The molecule has 0 aliphatic carbocycles. The molecule has 0 bridgehead atoms. The van der Waals surface area contributed by atoms with Gasteiger partial charge in [-0.1, -0.05) is 48.0 Å². The number of nitrogens with zero attached hydrogens (tertiary/aromatic N) is 1. The van der Waals surface area contributed by atoms with Crippen molar-refractivity contribution >= 4 is 11.4 Å². The summed E-state index contributed by atoms with van der Waals surface area (Å²) in [5.41, 5.74) is 6.56. The quantitative estimate of drug-likeness (QED) is 0.662. The van der Waals surface area contributed by atoms with Crippen molar-refractivity contribution < 1.29 is 9.84 Å². The van der Waals surface area contributed by atoms with Gasteiger partial charge in [0.05, 0.1) is 17.9 Å². The highest BCUT2D eigenvalue weighted by atomic mass is 16.5. The molecule has 1 heterocycles. The lowest BCUT2D eigenvalue weighted by Gasteiger charge is -2.32. The van der Waals surface area contributed by atoms with E-state index in [0.29, 0.717) is 13.2 Å². The molecule has 0 saturated heterocycles. The summed E-state index contributed by atoms with van der Waals surface area (Å²) in [5, 5.41) is 10.5. The van der Waals surface area contributed by atoms with E-state index in [9.17, 15) is 5.11 Å². The fourth-order valence-electron chi connectivity index (χ4n) is 3.62. The molecule has 4 rings (SSSR count). The third-order valence-corrected chi connectivity index (χ3v) is 4.65. The van der Waals surface area contributed by atoms with Crippen molar-refractivity contribution in [2.45, 2.75) is 27.0 Å². The molecule has 0 amide bonds. The Morgan fingerprint density at radius 2 is 1.68 bits per heavy atom. The number of phenols is 1. The molecule has 25 heavy (non-hydrogen) atoms. The van der Waals surface area contributed by atoms with E-state index in [4.69, 9.17) is 4.74 Å². The smallest absolute Gasteiger partial charge is 0.139 e. The average Bonchev–Trinajstić information content (AvgIpc) is 2.58. The van der Waals surface area contributed by atoms with Gasteiger partial charge in [0.1, 0.15) is 18.1 Å². The second-order valence-corrected chi connectivity index (χ2v) is 6.56. The van der Waals surface area contributed by atoms with Crippen molar-refractivity contribution in [3.8, 4) is 11.5 Å². The summed E-state index contributed by atoms with van der Waals surface area (Å²) in [7, 11) is 0. The number of hydrogen-bond donors (Lipinski definition) is 1. The van der Waals surface area contributed by atoms with Gasteiger partial charge in [0.25, 0.3) is 0 Å². The van der Waals surface area contributed by atoms with Crippen molar-refractivity contribution in [3.05, 3.63) is 82.9 Å². The number of phenolic OH excluding ortho intramolecular Hbond substituents is 1. The van der Waals surface area contributed by atoms with Crippen LogP contribution in [0.25, 0.3) is 0 Å². The van der Waals surface area contributed by atoms with E-state index in [-0.39, 0.29) is 5.75 Å². The zero-order valence-corrected chi connectivity index (χ0v) is 14.5. The third-order valence-electron chi connectivity index (χ3n) is 4.65. The predicted molar refractivity (Wildman–Crippen MR) is 101 cm³/mol. The van der Waals surface area contributed by atoms with E-state index < -0.39 is 0 Å². The van der Waals surface area contributed by atoms with Gasteiger partial charge in [-0.25, -0.2) is 0 Å². The van der Waals surface area contributed by atoms with Crippen LogP contribution in [-0.4, -0.2) is 5.11 Å². The van der Waals surface area contributed by atoms with Gasteiger partial charge in [-0.2, -0.15) is 0 Å². The minimum absolute atomic E-state index is 0.285. The van der Waals surface area contributed by atoms with Gasteiger partial charge in [0.2, 0.25) is 0 Å². The largest absolute Gasteiger partial charge is 0.506 e. The van der Waals surface area contributed by atoms with Gasteiger partial charge in [-0.3, -0.25) is 0 Å².